The van der Waals surface area contributed by atoms with Crippen molar-refractivity contribution in [1.82, 2.24) is 4.90 Å². The van der Waals surface area contributed by atoms with Crippen molar-refractivity contribution in [2.24, 2.45) is 0 Å². The molecule has 0 aliphatic carbocycles. The van der Waals surface area contributed by atoms with Crippen LogP contribution in [0.5, 0.6) is 0 Å². The second kappa shape index (κ2) is 6.94. The van der Waals surface area contributed by atoms with Crippen LogP contribution in [0.3, 0.4) is 0 Å². The molecule has 0 atom stereocenters. The summed E-state index contributed by atoms with van der Waals surface area (Å²) in [7, 11) is 1.29. The smallest absolute Gasteiger partial charge is 0.325 e. The van der Waals surface area contributed by atoms with E-state index in [0.29, 0.717) is 17.1 Å². The molecule has 1 aromatic carbocycles. The lowest BCUT2D eigenvalue weighted by molar-refractivity contribution is -0.141. The molecule has 0 bridgehead atoms. The van der Waals surface area contributed by atoms with E-state index in [0.717, 1.165) is 3.57 Å². The summed E-state index contributed by atoms with van der Waals surface area (Å²) in [6.07, 6.45) is 0. The first kappa shape index (κ1) is 15.2. The zero-order chi connectivity index (χ0) is 13.7. The SMILES string of the molecule is CCN(CC(=O)OC)C(=O)c1ccc(I)c(Cl)c1. The van der Waals surface area contributed by atoms with Crippen LogP contribution < -0.4 is 0 Å². The minimum atomic E-state index is -0.443. The molecule has 0 heterocycles. The molecule has 0 radical (unpaired) electrons. The Morgan fingerprint density at radius 2 is 2.11 bits per heavy atom. The fourth-order valence-corrected chi connectivity index (χ4v) is 1.88. The van der Waals surface area contributed by atoms with E-state index in [4.69, 9.17) is 11.6 Å². The molecular formula is C12H13ClINO3. The van der Waals surface area contributed by atoms with Crippen LogP contribution >= 0.6 is 34.2 Å². The van der Waals surface area contributed by atoms with Crippen LogP contribution in [-0.2, 0) is 9.53 Å². The van der Waals surface area contributed by atoms with E-state index in [-0.39, 0.29) is 12.5 Å². The number of hydrogen-bond donors (Lipinski definition) is 0. The number of carbonyl (C=O) groups excluding carboxylic acids is 2. The van der Waals surface area contributed by atoms with E-state index < -0.39 is 5.97 Å². The maximum Gasteiger partial charge on any atom is 0.325 e. The summed E-state index contributed by atoms with van der Waals surface area (Å²) in [6.45, 7) is 2.17. The highest BCUT2D eigenvalue weighted by atomic mass is 127. The van der Waals surface area contributed by atoms with Gasteiger partial charge in [0.15, 0.2) is 0 Å². The Kier molecular flexibility index (Phi) is 5.87. The number of rotatable bonds is 4. The minimum absolute atomic E-state index is 0.0601. The summed E-state index contributed by atoms with van der Waals surface area (Å²) < 4.78 is 5.43. The Balaban J connectivity index is 2.89. The van der Waals surface area contributed by atoms with Crippen molar-refractivity contribution in [2.75, 3.05) is 20.2 Å². The molecule has 0 fully saturated rings. The third-order valence-electron chi connectivity index (χ3n) is 2.38. The molecule has 0 N–H and O–H groups in total. The highest BCUT2D eigenvalue weighted by Crippen LogP contribution is 2.20. The van der Waals surface area contributed by atoms with E-state index in [9.17, 15) is 9.59 Å². The summed E-state index contributed by atoms with van der Waals surface area (Å²) >= 11 is 8.05. The first-order valence-corrected chi connectivity index (χ1v) is 6.76. The number of nitrogens with zero attached hydrogens (tertiary/aromatic N) is 1. The molecule has 1 aromatic rings. The van der Waals surface area contributed by atoms with Gasteiger partial charge in [-0.05, 0) is 47.7 Å². The second-order valence-electron chi connectivity index (χ2n) is 3.52. The maximum atomic E-state index is 12.1. The Morgan fingerprint density at radius 3 is 2.61 bits per heavy atom. The third kappa shape index (κ3) is 3.84. The second-order valence-corrected chi connectivity index (χ2v) is 5.09. The number of ether oxygens (including phenoxy) is 1. The monoisotopic (exact) mass is 381 g/mol. The van der Waals surface area contributed by atoms with E-state index in [1.807, 2.05) is 0 Å². The molecule has 1 amide bonds. The van der Waals surface area contributed by atoms with Gasteiger partial charge < -0.3 is 9.64 Å². The third-order valence-corrected chi connectivity index (χ3v) is 3.96. The molecule has 0 aromatic heterocycles. The largest absolute Gasteiger partial charge is 0.468 e. The van der Waals surface area contributed by atoms with Crippen molar-refractivity contribution in [1.29, 1.82) is 0 Å². The topological polar surface area (TPSA) is 46.6 Å². The van der Waals surface area contributed by atoms with Gasteiger partial charge in [0.2, 0.25) is 0 Å². The molecule has 1 rings (SSSR count). The Labute approximate surface area is 124 Å². The first-order valence-electron chi connectivity index (χ1n) is 5.30. The number of carbonyl (C=O) groups is 2. The van der Waals surface area contributed by atoms with Gasteiger partial charge in [-0.2, -0.15) is 0 Å². The first-order chi connectivity index (χ1) is 8.49. The van der Waals surface area contributed by atoms with Crippen LogP contribution in [0.1, 0.15) is 17.3 Å². The summed E-state index contributed by atoms with van der Waals surface area (Å²) in [4.78, 5) is 24.7. The van der Waals surface area contributed by atoms with Crippen LogP contribution in [0.2, 0.25) is 5.02 Å². The molecule has 0 saturated carbocycles. The van der Waals surface area contributed by atoms with Crippen LogP contribution in [0, 0.1) is 3.57 Å². The van der Waals surface area contributed by atoms with Gasteiger partial charge in [0.25, 0.3) is 5.91 Å². The minimum Gasteiger partial charge on any atom is -0.468 e. The van der Waals surface area contributed by atoms with Crippen molar-refractivity contribution in [2.45, 2.75) is 6.92 Å². The average molecular weight is 382 g/mol. The molecule has 0 spiro atoms. The van der Waals surface area contributed by atoms with E-state index in [1.165, 1.54) is 12.0 Å². The van der Waals surface area contributed by atoms with Crippen molar-refractivity contribution in [3.63, 3.8) is 0 Å². The molecule has 0 aliphatic rings. The summed E-state index contributed by atoms with van der Waals surface area (Å²) in [5.74, 6) is -0.678. The molecular weight excluding hydrogens is 368 g/mol. The van der Waals surface area contributed by atoms with Gasteiger partial charge in [-0.15, -0.1) is 0 Å². The van der Waals surface area contributed by atoms with Gasteiger partial charge in [-0.25, -0.2) is 0 Å². The van der Waals surface area contributed by atoms with Crippen molar-refractivity contribution >= 4 is 46.1 Å². The number of hydrogen-bond acceptors (Lipinski definition) is 3. The lowest BCUT2D eigenvalue weighted by Gasteiger charge is -2.19. The zero-order valence-electron chi connectivity index (χ0n) is 10.1. The molecule has 6 heteroatoms. The van der Waals surface area contributed by atoms with Crippen molar-refractivity contribution < 1.29 is 14.3 Å². The summed E-state index contributed by atoms with van der Waals surface area (Å²) in [6, 6.07) is 5.06. The van der Waals surface area contributed by atoms with Crippen molar-refractivity contribution in [3.05, 3.63) is 32.4 Å². The molecule has 98 valence electrons. The Hall–Kier alpha value is -0.820. The summed E-state index contributed by atoms with van der Waals surface area (Å²) in [5, 5.41) is 0.524. The van der Waals surface area contributed by atoms with Crippen LogP contribution in [0.25, 0.3) is 0 Å². The van der Waals surface area contributed by atoms with E-state index in [2.05, 4.69) is 27.3 Å². The zero-order valence-corrected chi connectivity index (χ0v) is 13.0. The predicted molar refractivity (Wildman–Crippen MR) is 77.8 cm³/mol. The quantitative estimate of drug-likeness (QED) is 0.595. The predicted octanol–water partition coefficient (Wildman–Crippen LogP) is 2.58. The fourth-order valence-electron chi connectivity index (χ4n) is 1.36. The van der Waals surface area contributed by atoms with Gasteiger partial charge in [0, 0.05) is 15.7 Å². The summed E-state index contributed by atoms with van der Waals surface area (Å²) in [5.41, 5.74) is 0.464. The van der Waals surface area contributed by atoms with Crippen molar-refractivity contribution in [3.8, 4) is 0 Å². The molecule has 4 nitrogen and oxygen atoms in total. The number of methoxy groups -OCH3 is 1. The van der Waals surface area contributed by atoms with Crippen LogP contribution in [-0.4, -0.2) is 37.0 Å². The van der Waals surface area contributed by atoms with Gasteiger partial charge >= 0.3 is 5.97 Å². The Bertz CT molecular complexity index is 465. The van der Waals surface area contributed by atoms with E-state index >= 15 is 0 Å². The van der Waals surface area contributed by atoms with E-state index in [1.54, 1.807) is 25.1 Å². The molecule has 0 unspecified atom stereocenters. The number of likely N-dealkylation sites (N-methyl/N-ethyl adjacent to an activating group) is 1. The number of esters is 1. The molecule has 18 heavy (non-hydrogen) atoms. The number of halogens is 2. The number of amides is 1. The average Bonchev–Trinajstić information content (AvgIpc) is 2.38. The Morgan fingerprint density at radius 1 is 1.44 bits per heavy atom. The van der Waals surface area contributed by atoms with Gasteiger partial charge in [0.1, 0.15) is 6.54 Å². The molecule has 0 saturated heterocycles. The van der Waals surface area contributed by atoms with Crippen LogP contribution in [0.15, 0.2) is 18.2 Å². The van der Waals surface area contributed by atoms with Gasteiger partial charge in [0.05, 0.1) is 12.1 Å². The fraction of sp³-hybridized carbons (Fsp3) is 0.333. The lowest BCUT2D eigenvalue weighted by Crippen LogP contribution is -2.36. The van der Waals surface area contributed by atoms with Gasteiger partial charge in [-0.3, -0.25) is 9.59 Å². The lowest BCUT2D eigenvalue weighted by atomic mass is 10.2. The normalized spacial score (nSPS) is 10.0. The van der Waals surface area contributed by atoms with Gasteiger partial charge in [-0.1, -0.05) is 11.6 Å². The highest BCUT2D eigenvalue weighted by Gasteiger charge is 2.18. The molecule has 0 aliphatic heterocycles. The number of benzene rings is 1. The highest BCUT2D eigenvalue weighted by molar-refractivity contribution is 14.1. The standard InChI is InChI=1S/C12H13ClINO3/c1-3-15(7-11(16)18-2)12(17)8-4-5-10(14)9(13)6-8/h4-6H,3,7H2,1-2H3. The maximum absolute atomic E-state index is 12.1. The van der Waals surface area contributed by atoms with Crippen LogP contribution in [0.4, 0.5) is 0 Å².